The topological polar surface area (TPSA) is 95.6 Å². The molecule has 0 radical (unpaired) electrons. The maximum absolute atomic E-state index is 12.5. The van der Waals surface area contributed by atoms with Gasteiger partial charge in [-0.2, -0.15) is 0 Å². The van der Waals surface area contributed by atoms with E-state index in [1.807, 2.05) is 6.07 Å². The Morgan fingerprint density at radius 1 is 1.07 bits per heavy atom. The molecule has 0 aliphatic carbocycles. The van der Waals surface area contributed by atoms with Gasteiger partial charge in [0.1, 0.15) is 0 Å². The monoisotopic (exact) mass is 387 g/mol. The molecule has 8 heteroatoms. The summed E-state index contributed by atoms with van der Waals surface area (Å²) in [4.78, 5) is 26.4. The van der Waals surface area contributed by atoms with E-state index in [2.05, 4.69) is 10.0 Å². The Labute approximate surface area is 158 Å². The van der Waals surface area contributed by atoms with E-state index in [0.29, 0.717) is 18.7 Å². The van der Waals surface area contributed by atoms with E-state index >= 15 is 0 Å². The number of piperidine rings is 1. The fourth-order valence-corrected chi connectivity index (χ4v) is 3.73. The van der Waals surface area contributed by atoms with Crippen molar-refractivity contribution in [2.75, 3.05) is 23.8 Å². The van der Waals surface area contributed by atoms with E-state index < -0.39 is 15.9 Å². The maximum Gasteiger partial charge on any atom is 0.255 e. The van der Waals surface area contributed by atoms with Crippen LogP contribution in [0.15, 0.2) is 53.4 Å². The molecule has 0 atom stereocenters. The van der Waals surface area contributed by atoms with E-state index in [9.17, 15) is 18.0 Å². The average Bonchev–Trinajstić information content (AvgIpc) is 2.68. The van der Waals surface area contributed by atoms with Gasteiger partial charge in [-0.1, -0.05) is 12.1 Å². The molecule has 0 aromatic heterocycles. The number of carbonyl (C=O) groups excluding carboxylic acids is 2. The summed E-state index contributed by atoms with van der Waals surface area (Å²) in [6.45, 7) is 0.667. The largest absolute Gasteiger partial charge is 0.322 e. The molecule has 0 bridgehead atoms. The second-order valence-electron chi connectivity index (χ2n) is 6.24. The summed E-state index contributed by atoms with van der Waals surface area (Å²) >= 11 is 0. The molecule has 1 saturated heterocycles. The molecule has 142 valence electrons. The van der Waals surface area contributed by atoms with Crippen molar-refractivity contribution in [1.29, 1.82) is 0 Å². The molecular weight excluding hydrogens is 366 g/mol. The van der Waals surface area contributed by atoms with Crippen molar-refractivity contribution >= 4 is 33.2 Å². The zero-order chi connectivity index (χ0) is 19.4. The molecule has 7 nitrogen and oxygen atoms in total. The summed E-state index contributed by atoms with van der Waals surface area (Å²) < 4.78 is 26.0. The van der Waals surface area contributed by atoms with Gasteiger partial charge in [-0.15, -0.1) is 0 Å². The number of hydrogen-bond donors (Lipinski definition) is 2. The molecule has 0 saturated carbocycles. The fraction of sp³-hybridized carbons (Fsp3) is 0.263. The second-order valence-corrected chi connectivity index (χ2v) is 8.13. The Morgan fingerprint density at radius 2 is 1.85 bits per heavy atom. The third-order valence-corrected chi connectivity index (χ3v) is 5.83. The number of nitrogens with one attached hydrogen (secondary N) is 2. The minimum absolute atomic E-state index is 0.0188. The van der Waals surface area contributed by atoms with Crippen LogP contribution in [0.25, 0.3) is 0 Å². The van der Waals surface area contributed by atoms with Crippen molar-refractivity contribution < 1.29 is 18.0 Å². The number of amides is 2. The molecule has 1 aliphatic rings. The molecular formula is C19H21N3O4S. The Balaban J connectivity index is 1.80. The molecule has 2 amide bonds. The SMILES string of the molecule is CNS(=O)(=O)c1cccc(C(=O)Nc2cccc(N3CCCCC3=O)c2)c1. The summed E-state index contributed by atoms with van der Waals surface area (Å²) in [5.41, 5.74) is 1.51. The molecule has 27 heavy (non-hydrogen) atoms. The van der Waals surface area contributed by atoms with Crippen LogP contribution in [0.4, 0.5) is 11.4 Å². The van der Waals surface area contributed by atoms with E-state index in [0.717, 1.165) is 18.5 Å². The summed E-state index contributed by atoms with van der Waals surface area (Å²) in [7, 11) is -2.31. The fourth-order valence-electron chi connectivity index (χ4n) is 2.96. The van der Waals surface area contributed by atoms with Crippen LogP contribution in [-0.4, -0.2) is 33.8 Å². The van der Waals surface area contributed by atoms with Gasteiger partial charge in [0.2, 0.25) is 15.9 Å². The molecule has 1 heterocycles. The first-order valence-corrected chi connectivity index (χ1v) is 10.1. The lowest BCUT2D eigenvalue weighted by Gasteiger charge is -2.27. The Bertz CT molecular complexity index is 972. The molecule has 1 fully saturated rings. The molecule has 0 spiro atoms. The van der Waals surface area contributed by atoms with Gasteiger partial charge in [0.15, 0.2) is 0 Å². The lowest BCUT2D eigenvalue weighted by molar-refractivity contribution is -0.119. The number of sulfonamides is 1. The van der Waals surface area contributed by atoms with Crippen molar-refractivity contribution in [3.8, 4) is 0 Å². The van der Waals surface area contributed by atoms with E-state index in [1.54, 1.807) is 29.2 Å². The standard InChI is InChI=1S/C19H21N3O4S/c1-20-27(25,26)17-9-4-6-14(12-17)19(24)21-15-7-5-8-16(13-15)22-11-3-2-10-18(22)23/h4-9,12-13,20H,2-3,10-11H2,1H3,(H,21,24). The van der Waals surface area contributed by atoms with Gasteiger partial charge >= 0.3 is 0 Å². The number of hydrogen-bond acceptors (Lipinski definition) is 4. The van der Waals surface area contributed by atoms with E-state index in [4.69, 9.17) is 0 Å². The minimum atomic E-state index is -3.63. The van der Waals surface area contributed by atoms with Crippen LogP contribution in [0.1, 0.15) is 29.6 Å². The highest BCUT2D eigenvalue weighted by Crippen LogP contribution is 2.24. The first-order chi connectivity index (χ1) is 12.9. The van der Waals surface area contributed by atoms with Crippen molar-refractivity contribution in [2.24, 2.45) is 0 Å². The normalized spacial score (nSPS) is 14.9. The van der Waals surface area contributed by atoms with Crippen LogP contribution < -0.4 is 14.9 Å². The molecule has 2 aromatic rings. The third kappa shape index (κ3) is 4.35. The maximum atomic E-state index is 12.5. The Morgan fingerprint density at radius 3 is 2.59 bits per heavy atom. The van der Waals surface area contributed by atoms with Gasteiger partial charge < -0.3 is 10.2 Å². The van der Waals surface area contributed by atoms with Crippen LogP contribution >= 0.6 is 0 Å². The molecule has 0 unspecified atom stereocenters. The number of anilines is 2. The number of carbonyl (C=O) groups is 2. The molecule has 3 rings (SSSR count). The van der Waals surface area contributed by atoms with Crippen molar-refractivity contribution in [1.82, 2.24) is 4.72 Å². The number of nitrogens with zero attached hydrogens (tertiary/aromatic N) is 1. The molecule has 1 aliphatic heterocycles. The Hall–Kier alpha value is -2.71. The van der Waals surface area contributed by atoms with Crippen molar-refractivity contribution in [3.63, 3.8) is 0 Å². The lowest BCUT2D eigenvalue weighted by Crippen LogP contribution is -2.35. The van der Waals surface area contributed by atoms with Gasteiger partial charge in [0, 0.05) is 29.9 Å². The van der Waals surface area contributed by atoms with Crippen molar-refractivity contribution in [2.45, 2.75) is 24.2 Å². The first kappa shape index (κ1) is 19.1. The smallest absolute Gasteiger partial charge is 0.255 e. The number of benzene rings is 2. The zero-order valence-electron chi connectivity index (χ0n) is 14.9. The highest BCUT2D eigenvalue weighted by Gasteiger charge is 2.20. The summed E-state index contributed by atoms with van der Waals surface area (Å²) in [5.74, 6) is -0.347. The van der Waals surface area contributed by atoms with Gasteiger partial charge in [0.25, 0.3) is 5.91 Å². The van der Waals surface area contributed by atoms with Gasteiger partial charge in [-0.05, 0) is 56.3 Å². The number of rotatable bonds is 5. The summed E-state index contributed by atoms with van der Waals surface area (Å²) in [6, 6.07) is 12.9. The zero-order valence-corrected chi connectivity index (χ0v) is 15.8. The first-order valence-electron chi connectivity index (χ1n) is 8.66. The van der Waals surface area contributed by atoms with Crippen LogP contribution in [0.2, 0.25) is 0 Å². The highest BCUT2D eigenvalue weighted by molar-refractivity contribution is 7.89. The van der Waals surface area contributed by atoms with E-state index in [1.165, 1.54) is 25.2 Å². The lowest BCUT2D eigenvalue weighted by atomic mass is 10.1. The van der Waals surface area contributed by atoms with Gasteiger partial charge in [-0.25, -0.2) is 13.1 Å². The predicted octanol–water partition coefficient (Wildman–Crippen LogP) is 2.36. The summed E-state index contributed by atoms with van der Waals surface area (Å²) in [5, 5.41) is 2.76. The predicted molar refractivity (Wildman–Crippen MR) is 103 cm³/mol. The second kappa shape index (κ2) is 7.89. The highest BCUT2D eigenvalue weighted by atomic mass is 32.2. The van der Waals surface area contributed by atoms with Crippen LogP contribution in [0.3, 0.4) is 0 Å². The van der Waals surface area contributed by atoms with Crippen LogP contribution in [0.5, 0.6) is 0 Å². The summed E-state index contributed by atoms with van der Waals surface area (Å²) in [6.07, 6.45) is 2.38. The van der Waals surface area contributed by atoms with Crippen LogP contribution in [0, 0.1) is 0 Å². The van der Waals surface area contributed by atoms with Gasteiger partial charge in [0.05, 0.1) is 4.90 Å². The quantitative estimate of drug-likeness (QED) is 0.823. The van der Waals surface area contributed by atoms with Gasteiger partial charge in [-0.3, -0.25) is 9.59 Å². The average molecular weight is 387 g/mol. The Kier molecular flexibility index (Phi) is 5.57. The van der Waals surface area contributed by atoms with E-state index in [-0.39, 0.29) is 16.4 Å². The molecule has 2 aromatic carbocycles. The van der Waals surface area contributed by atoms with Crippen molar-refractivity contribution in [3.05, 3.63) is 54.1 Å². The third-order valence-electron chi connectivity index (χ3n) is 4.41. The van der Waals surface area contributed by atoms with Crippen LogP contribution in [-0.2, 0) is 14.8 Å². The minimum Gasteiger partial charge on any atom is -0.322 e. The molecule has 2 N–H and O–H groups in total.